The van der Waals surface area contributed by atoms with Gasteiger partial charge in [-0.2, -0.15) is 13.2 Å². The summed E-state index contributed by atoms with van der Waals surface area (Å²) in [6, 6.07) is 15.9. The van der Waals surface area contributed by atoms with Crippen molar-refractivity contribution in [2.75, 3.05) is 19.7 Å². The van der Waals surface area contributed by atoms with Gasteiger partial charge in [0.25, 0.3) is 5.91 Å². The highest BCUT2D eigenvalue weighted by Crippen LogP contribution is 2.30. The van der Waals surface area contributed by atoms with Crippen LogP contribution in [0.1, 0.15) is 44.8 Å². The van der Waals surface area contributed by atoms with Crippen LogP contribution in [0.2, 0.25) is 0 Å². The summed E-state index contributed by atoms with van der Waals surface area (Å²) < 4.78 is 45.6. The maximum atomic E-state index is 13.6. The van der Waals surface area contributed by atoms with Gasteiger partial charge in [0.05, 0.1) is 18.2 Å². The number of ether oxygens (including phenoxy) is 1. The molecule has 0 bridgehead atoms. The standard InChI is InChI=1S/C28H29F3N2O3S/c1-20-12-14-37-25(20)18-32(16-21-7-3-2-4-8-21)26(34)19-33(17-24-11-6-13-36-24)27(35)22-9-5-10-23(15-22)28(29,30)31/h2-5,7-10,12,14-15,24H,6,11,13,16-19H2,1H3. The zero-order valence-corrected chi connectivity index (χ0v) is 21.4. The van der Waals surface area contributed by atoms with Gasteiger partial charge in [-0.15, -0.1) is 11.3 Å². The molecule has 0 radical (unpaired) electrons. The van der Waals surface area contributed by atoms with E-state index in [0.29, 0.717) is 19.7 Å². The minimum absolute atomic E-state index is 0.107. The number of hydrogen-bond acceptors (Lipinski definition) is 4. The van der Waals surface area contributed by atoms with Crippen LogP contribution >= 0.6 is 11.3 Å². The van der Waals surface area contributed by atoms with E-state index in [2.05, 4.69) is 0 Å². The molecule has 1 atom stereocenters. The quantitative estimate of drug-likeness (QED) is 0.345. The molecule has 3 aromatic rings. The van der Waals surface area contributed by atoms with Crippen molar-refractivity contribution in [1.29, 1.82) is 0 Å². The van der Waals surface area contributed by atoms with Crippen LogP contribution in [0, 0.1) is 6.92 Å². The van der Waals surface area contributed by atoms with Gasteiger partial charge in [-0.1, -0.05) is 36.4 Å². The fourth-order valence-electron chi connectivity index (χ4n) is 4.30. The highest BCUT2D eigenvalue weighted by molar-refractivity contribution is 7.10. The molecule has 4 rings (SSSR count). The molecule has 1 fully saturated rings. The van der Waals surface area contributed by atoms with E-state index in [1.165, 1.54) is 17.0 Å². The molecule has 1 aliphatic rings. The zero-order valence-electron chi connectivity index (χ0n) is 20.5. The first kappa shape index (κ1) is 26.9. The lowest BCUT2D eigenvalue weighted by Crippen LogP contribution is -2.45. The summed E-state index contributed by atoms with van der Waals surface area (Å²) in [7, 11) is 0. The number of alkyl halides is 3. The zero-order chi connectivity index (χ0) is 26.4. The summed E-state index contributed by atoms with van der Waals surface area (Å²) in [5, 5.41) is 1.97. The highest BCUT2D eigenvalue weighted by Gasteiger charge is 2.32. The van der Waals surface area contributed by atoms with Gasteiger partial charge in [0.15, 0.2) is 0 Å². The van der Waals surface area contributed by atoms with Crippen molar-refractivity contribution in [3.8, 4) is 0 Å². The van der Waals surface area contributed by atoms with Gasteiger partial charge < -0.3 is 14.5 Å². The molecule has 2 amide bonds. The molecule has 1 aliphatic heterocycles. The van der Waals surface area contributed by atoms with E-state index >= 15 is 0 Å². The van der Waals surface area contributed by atoms with Crippen LogP contribution in [-0.4, -0.2) is 47.4 Å². The monoisotopic (exact) mass is 530 g/mol. The largest absolute Gasteiger partial charge is 0.416 e. The summed E-state index contributed by atoms with van der Waals surface area (Å²) in [5.41, 5.74) is 1.01. The Balaban J connectivity index is 1.59. The molecule has 0 saturated carbocycles. The Morgan fingerprint density at radius 3 is 2.46 bits per heavy atom. The molecule has 1 saturated heterocycles. The fraction of sp³-hybridized carbons (Fsp3) is 0.357. The molecule has 2 heterocycles. The summed E-state index contributed by atoms with van der Waals surface area (Å²) in [6.45, 7) is 3.15. The predicted octanol–water partition coefficient (Wildman–Crippen LogP) is 5.93. The first-order chi connectivity index (χ1) is 17.7. The number of rotatable bonds is 9. The van der Waals surface area contributed by atoms with E-state index in [1.54, 1.807) is 16.2 Å². The maximum Gasteiger partial charge on any atom is 0.416 e. The molecule has 196 valence electrons. The summed E-state index contributed by atoms with van der Waals surface area (Å²) in [4.78, 5) is 31.1. The highest BCUT2D eigenvalue weighted by atomic mass is 32.1. The molecular weight excluding hydrogens is 501 g/mol. The second-order valence-electron chi connectivity index (χ2n) is 9.16. The molecule has 9 heteroatoms. The third-order valence-corrected chi connectivity index (χ3v) is 7.38. The van der Waals surface area contributed by atoms with Crippen LogP contribution in [0.5, 0.6) is 0 Å². The molecule has 0 aliphatic carbocycles. The van der Waals surface area contributed by atoms with E-state index in [9.17, 15) is 22.8 Å². The molecule has 0 spiro atoms. The van der Waals surface area contributed by atoms with Crippen LogP contribution in [0.15, 0.2) is 66.0 Å². The molecule has 37 heavy (non-hydrogen) atoms. The van der Waals surface area contributed by atoms with Crippen LogP contribution in [0.3, 0.4) is 0 Å². The Bertz CT molecular complexity index is 1210. The van der Waals surface area contributed by atoms with Crippen molar-refractivity contribution in [2.24, 2.45) is 0 Å². The van der Waals surface area contributed by atoms with Crippen molar-refractivity contribution in [3.63, 3.8) is 0 Å². The summed E-state index contributed by atoms with van der Waals surface area (Å²) in [5.74, 6) is -0.906. The van der Waals surface area contributed by atoms with Crippen molar-refractivity contribution in [2.45, 2.75) is 45.1 Å². The van der Waals surface area contributed by atoms with E-state index in [0.717, 1.165) is 41.0 Å². The normalized spacial score (nSPS) is 15.5. The number of nitrogens with zero attached hydrogens (tertiary/aromatic N) is 2. The van der Waals surface area contributed by atoms with Crippen molar-refractivity contribution >= 4 is 23.2 Å². The minimum Gasteiger partial charge on any atom is -0.376 e. The smallest absolute Gasteiger partial charge is 0.376 e. The van der Waals surface area contributed by atoms with Crippen LogP contribution < -0.4 is 0 Å². The molecule has 5 nitrogen and oxygen atoms in total. The van der Waals surface area contributed by atoms with Crippen LogP contribution in [0.25, 0.3) is 0 Å². The van der Waals surface area contributed by atoms with Gasteiger partial charge in [-0.25, -0.2) is 0 Å². The Morgan fingerprint density at radius 1 is 1.03 bits per heavy atom. The Kier molecular flexibility index (Phi) is 8.66. The van der Waals surface area contributed by atoms with E-state index < -0.39 is 17.6 Å². The van der Waals surface area contributed by atoms with E-state index in [-0.39, 0.29) is 30.7 Å². The number of carbonyl (C=O) groups is 2. The fourth-order valence-corrected chi connectivity index (χ4v) is 5.22. The van der Waals surface area contributed by atoms with Gasteiger partial charge >= 0.3 is 6.18 Å². The SMILES string of the molecule is Cc1ccsc1CN(Cc1ccccc1)C(=O)CN(CC1CCCO1)C(=O)c1cccc(C(F)(F)F)c1. The lowest BCUT2D eigenvalue weighted by Gasteiger charge is -2.29. The predicted molar refractivity (Wildman–Crippen MR) is 136 cm³/mol. The number of carbonyl (C=O) groups excluding carboxylic acids is 2. The Hall–Kier alpha value is -3.17. The lowest BCUT2D eigenvalue weighted by atomic mass is 10.1. The average molecular weight is 531 g/mol. The third kappa shape index (κ3) is 7.20. The van der Waals surface area contributed by atoms with Crippen LogP contribution in [0.4, 0.5) is 13.2 Å². The third-order valence-electron chi connectivity index (χ3n) is 6.37. The van der Waals surface area contributed by atoms with Gasteiger partial charge in [0.1, 0.15) is 6.54 Å². The summed E-state index contributed by atoms with van der Waals surface area (Å²) in [6.07, 6.45) is -3.27. The van der Waals surface area contributed by atoms with E-state index in [4.69, 9.17) is 4.74 Å². The number of hydrogen-bond donors (Lipinski definition) is 0. The van der Waals surface area contributed by atoms with Gasteiger partial charge in [-0.3, -0.25) is 9.59 Å². The topological polar surface area (TPSA) is 49.9 Å². The van der Waals surface area contributed by atoms with Gasteiger partial charge in [-0.05, 0) is 60.5 Å². The second kappa shape index (κ2) is 11.9. The molecule has 1 aromatic heterocycles. The average Bonchev–Trinajstić information content (AvgIpc) is 3.54. The molecule has 2 aromatic carbocycles. The van der Waals surface area contributed by atoms with E-state index in [1.807, 2.05) is 48.7 Å². The number of benzene rings is 2. The number of halogens is 3. The van der Waals surface area contributed by atoms with Crippen LogP contribution in [-0.2, 0) is 28.8 Å². The molecule has 0 N–H and O–H groups in total. The first-order valence-electron chi connectivity index (χ1n) is 12.1. The Labute approximate surface area is 218 Å². The second-order valence-corrected chi connectivity index (χ2v) is 10.2. The van der Waals surface area contributed by atoms with Crippen molar-refractivity contribution in [1.82, 2.24) is 9.80 Å². The van der Waals surface area contributed by atoms with Gasteiger partial charge in [0.2, 0.25) is 5.91 Å². The number of aryl methyl sites for hydroxylation is 1. The molecular formula is C28H29F3N2O3S. The number of amides is 2. The molecule has 1 unspecified atom stereocenters. The first-order valence-corrected chi connectivity index (χ1v) is 13.0. The minimum atomic E-state index is -4.57. The Morgan fingerprint density at radius 2 is 1.81 bits per heavy atom. The summed E-state index contributed by atoms with van der Waals surface area (Å²) >= 11 is 1.56. The lowest BCUT2D eigenvalue weighted by molar-refractivity contribution is -0.137. The number of thiophene rings is 1. The maximum absolute atomic E-state index is 13.6. The van der Waals surface area contributed by atoms with Gasteiger partial charge in [0, 0.05) is 30.1 Å². The van der Waals surface area contributed by atoms with Crippen molar-refractivity contribution in [3.05, 3.63) is 93.2 Å². The van der Waals surface area contributed by atoms with Crippen molar-refractivity contribution < 1.29 is 27.5 Å².